The second-order valence-corrected chi connectivity index (χ2v) is 7.82. The molecule has 0 aliphatic carbocycles. The van der Waals surface area contributed by atoms with Crippen molar-refractivity contribution in [1.29, 1.82) is 0 Å². The minimum absolute atomic E-state index is 0. The summed E-state index contributed by atoms with van der Waals surface area (Å²) in [4.78, 5) is 2.55. The summed E-state index contributed by atoms with van der Waals surface area (Å²) in [6.07, 6.45) is 2.28. The largest absolute Gasteiger partial charge is 0.496 e. The van der Waals surface area contributed by atoms with Gasteiger partial charge in [-0.25, -0.2) is 0 Å². The zero-order chi connectivity index (χ0) is 18.9. The van der Waals surface area contributed by atoms with Crippen LogP contribution in [0, 0.1) is 0 Å². The lowest BCUT2D eigenvalue weighted by atomic mass is 9.94. The standard InChI is InChI=1S/C22H27N5O.ClH/c1-28-20-7-6-16-4-2-3-5-18(16)19(20)15-26-11-8-17(9-12-26)22-25-24-21-14-23-10-13-27(21)22;/h2-7,17,23H,8-15H2,1H3;1H. The lowest BCUT2D eigenvalue weighted by molar-refractivity contribution is 0.198. The van der Waals surface area contributed by atoms with Crippen molar-refractivity contribution in [2.24, 2.45) is 0 Å². The molecule has 1 saturated heterocycles. The molecule has 2 aliphatic heterocycles. The third-order valence-electron chi connectivity index (χ3n) is 6.20. The van der Waals surface area contributed by atoms with Gasteiger partial charge in [-0.2, -0.15) is 0 Å². The van der Waals surface area contributed by atoms with Crippen molar-refractivity contribution < 1.29 is 4.74 Å². The molecule has 1 aromatic heterocycles. The van der Waals surface area contributed by atoms with Crippen LogP contribution in [0.15, 0.2) is 36.4 Å². The van der Waals surface area contributed by atoms with Crippen LogP contribution in [0.3, 0.4) is 0 Å². The first kappa shape index (κ1) is 20.1. The van der Waals surface area contributed by atoms with Crippen molar-refractivity contribution in [3.63, 3.8) is 0 Å². The summed E-state index contributed by atoms with van der Waals surface area (Å²) < 4.78 is 8.02. The monoisotopic (exact) mass is 413 g/mol. The predicted molar refractivity (Wildman–Crippen MR) is 117 cm³/mol. The summed E-state index contributed by atoms with van der Waals surface area (Å²) in [5.74, 6) is 3.79. The quantitative estimate of drug-likeness (QED) is 0.710. The molecule has 3 heterocycles. The lowest BCUT2D eigenvalue weighted by Gasteiger charge is -2.32. The van der Waals surface area contributed by atoms with E-state index >= 15 is 0 Å². The second-order valence-electron chi connectivity index (χ2n) is 7.82. The summed E-state index contributed by atoms with van der Waals surface area (Å²) >= 11 is 0. The number of hydrogen-bond acceptors (Lipinski definition) is 5. The van der Waals surface area contributed by atoms with E-state index in [0.717, 1.165) is 63.7 Å². The third kappa shape index (κ3) is 3.84. The first-order valence-electron chi connectivity index (χ1n) is 10.2. The SMILES string of the molecule is COc1ccc2ccccc2c1CN1CCC(c2nnc3n2CCNC3)CC1.Cl. The van der Waals surface area contributed by atoms with E-state index < -0.39 is 0 Å². The molecule has 2 aliphatic rings. The molecule has 1 fully saturated rings. The van der Waals surface area contributed by atoms with Crippen molar-refractivity contribution in [2.75, 3.05) is 26.7 Å². The van der Waals surface area contributed by atoms with Gasteiger partial charge in [-0.1, -0.05) is 30.3 Å². The van der Waals surface area contributed by atoms with E-state index in [2.05, 4.69) is 61.4 Å². The molecule has 29 heavy (non-hydrogen) atoms. The van der Waals surface area contributed by atoms with E-state index in [-0.39, 0.29) is 12.4 Å². The fraction of sp³-hybridized carbons (Fsp3) is 0.455. The average molecular weight is 414 g/mol. The van der Waals surface area contributed by atoms with E-state index in [1.165, 1.54) is 22.2 Å². The number of fused-ring (bicyclic) bond motifs is 2. The second kappa shape index (κ2) is 8.69. The van der Waals surface area contributed by atoms with Gasteiger partial charge in [0.05, 0.1) is 13.7 Å². The number of likely N-dealkylation sites (tertiary alicyclic amines) is 1. The van der Waals surface area contributed by atoms with Gasteiger partial charge in [0, 0.05) is 31.1 Å². The molecule has 1 N–H and O–H groups in total. The normalized spacial score (nSPS) is 17.7. The van der Waals surface area contributed by atoms with Crippen molar-refractivity contribution in [3.8, 4) is 5.75 Å². The number of nitrogens with zero attached hydrogens (tertiary/aromatic N) is 4. The Kier molecular flexibility index (Phi) is 6.04. The highest BCUT2D eigenvalue weighted by molar-refractivity contribution is 5.87. The Bertz CT molecular complexity index is 980. The number of hydrogen-bond donors (Lipinski definition) is 1. The lowest BCUT2D eigenvalue weighted by Crippen LogP contribution is -2.34. The number of ether oxygens (including phenoxy) is 1. The minimum Gasteiger partial charge on any atom is -0.496 e. The molecule has 5 rings (SSSR count). The Morgan fingerprint density at radius 3 is 2.72 bits per heavy atom. The van der Waals surface area contributed by atoms with Crippen LogP contribution in [0.1, 0.15) is 36.0 Å². The number of piperidine rings is 1. The maximum Gasteiger partial charge on any atom is 0.147 e. The number of methoxy groups -OCH3 is 1. The van der Waals surface area contributed by atoms with Crippen LogP contribution in [0.2, 0.25) is 0 Å². The van der Waals surface area contributed by atoms with Gasteiger partial charge in [0.2, 0.25) is 0 Å². The summed E-state index contributed by atoms with van der Waals surface area (Å²) in [6, 6.07) is 12.8. The van der Waals surface area contributed by atoms with Crippen molar-refractivity contribution in [1.82, 2.24) is 25.0 Å². The van der Waals surface area contributed by atoms with E-state index in [4.69, 9.17) is 4.74 Å². The zero-order valence-electron chi connectivity index (χ0n) is 16.8. The van der Waals surface area contributed by atoms with E-state index in [9.17, 15) is 0 Å². The van der Waals surface area contributed by atoms with Crippen LogP contribution < -0.4 is 10.1 Å². The zero-order valence-corrected chi connectivity index (χ0v) is 17.6. The van der Waals surface area contributed by atoms with Crippen LogP contribution in [0.25, 0.3) is 10.8 Å². The van der Waals surface area contributed by atoms with E-state index in [0.29, 0.717) is 5.92 Å². The minimum atomic E-state index is 0. The Labute approximate surface area is 177 Å². The van der Waals surface area contributed by atoms with Crippen molar-refractivity contribution in [3.05, 3.63) is 53.6 Å². The van der Waals surface area contributed by atoms with Gasteiger partial charge in [-0.15, -0.1) is 22.6 Å². The van der Waals surface area contributed by atoms with Gasteiger partial charge in [0.15, 0.2) is 0 Å². The molecule has 2 aromatic carbocycles. The van der Waals surface area contributed by atoms with Gasteiger partial charge in [-0.05, 0) is 42.8 Å². The number of nitrogens with one attached hydrogen (secondary N) is 1. The topological polar surface area (TPSA) is 55.2 Å². The van der Waals surface area contributed by atoms with E-state index in [1.54, 1.807) is 7.11 Å². The fourth-order valence-corrected chi connectivity index (χ4v) is 4.66. The number of rotatable bonds is 4. The Balaban J connectivity index is 0.00000205. The number of aromatic nitrogens is 3. The Hall–Kier alpha value is -2.15. The predicted octanol–water partition coefficient (Wildman–Crippen LogP) is 3.34. The van der Waals surface area contributed by atoms with E-state index in [1.807, 2.05) is 0 Å². The number of benzene rings is 2. The highest BCUT2D eigenvalue weighted by Gasteiger charge is 2.27. The summed E-state index contributed by atoms with van der Waals surface area (Å²) in [6.45, 7) is 5.93. The first-order chi connectivity index (χ1) is 13.8. The fourth-order valence-electron chi connectivity index (χ4n) is 4.66. The molecule has 0 spiro atoms. The molecule has 0 radical (unpaired) electrons. The Morgan fingerprint density at radius 2 is 1.90 bits per heavy atom. The maximum atomic E-state index is 5.68. The van der Waals surface area contributed by atoms with Crippen LogP contribution in [-0.4, -0.2) is 46.4 Å². The molecule has 0 unspecified atom stereocenters. The molecule has 154 valence electrons. The first-order valence-corrected chi connectivity index (χ1v) is 10.2. The highest BCUT2D eigenvalue weighted by atomic mass is 35.5. The Morgan fingerprint density at radius 1 is 1.07 bits per heavy atom. The summed E-state index contributed by atoms with van der Waals surface area (Å²) in [5.41, 5.74) is 1.30. The van der Waals surface area contributed by atoms with Crippen LogP contribution in [0.5, 0.6) is 5.75 Å². The molecule has 0 bridgehead atoms. The van der Waals surface area contributed by atoms with Crippen LogP contribution in [-0.2, 0) is 19.6 Å². The molecular weight excluding hydrogens is 386 g/mol. The molecule has 7 heteroatoms. The summed E-state index contributed by atoms with van der Waals surface area (Å²) in [5, 5.41) is 14.9. The van der Waals surface area contributed by atoms with Gasteiger partial charge in [0.25, 0.3) is 0 Å². The van der Waals surface area contributed by atoms with Gasteiger partial charge in [-0.3, -0.25) is 4.90 Å². The van der Waals surface area contributed by atoms with Gasteiger partial charge >= 0.3 is 0 Å². The molecule has 0 saturated carbocycles. The maximum absolute atomic E-state index is 5.68. The summed E-state index contributed by atoms with van der Waals surface area (Å²) in [7, 11) is 1.77. The molecule has 6 nitrogen and oxygen atoms in total. The van der Waals surface area contributed by atoms with Gasteiger partial charge < -0.3 is 14.6 Å². The molecule has 3 aromatic rings. The highest BCUT2D eigenvalue weighted by Crippen LogP contribution is 2.32. The molecule has 0 atom stereocenters. The average Bonchev–Trinajstić information content (AvgIpc) is 3.19. The molecule has 0 amide bonds. The molecular formula is C22H28ClN5O. The third-order valence-corrected chi connectivity index (χ3v) is 6.20. The number of halogens is 1. The van der Waals surface area contributed by atoms with Crippen LogP contribution in [0.4, 0.5) is 0 Å². The van der Waals surface area contributed by atoms with Crippen molar-refractivity contribution in [2.45, 2.75) is 38.4 Å². The van der Waals surface area contributed by atoms with Crippen LogP contribution >= 0.6 is 12.4 Å². The van der Waals surface area contributed by atoms with Gasteiger partial charge in [0.1, 0.15) is 17.4 Å². The smallest absolute Gasteiger partial charge is 0.147 e. The van der Waals surface area contributed by atoms with Crippen molar-refractivity contribution >= 4 is 23.2 Å².